The van der Waals surface area contributed by atoms with Gasteiger partial charge in [-0.3, -0.25) is 0 Å². The Labute approximate surface area is 189 Å². The van der Waals surface area contributed by atoms with Crippen LogP contribution in [0.2, 0.25) is 16.6 Å². The summed E-state index contributed by atoms with van der Waals surface area (Å²) in [6.07, 6.45) is 4.09. The summed E-state index contributed by atoms with van der Waals surface area (Å²) in [4.78, 5) is 0. The van der Waals surface area contributed by atoms with Gasteiger partial charge in [-0.25, -0.2) is 0 Å². The van der Waals surface area contributed by atoms with E-state index in [9.17, 15) is 0 Å². The van der Waals surface area contributed by atoms with Gasteiger partial charge in [-0.15, -0.1) is 0 Å². The van der Waals surface area contributed by atoms with E-state index in [0.717, 1.165) is 34.1 Å². The molecule has 0 bridgehead atoms. The largest absolute Gasteiger partial charge is 0.540 e. The van der Waals surface area contributed by atoms with Gasteiger partial charge in [0.2, 0.25) is 0 Å². The molecule has 0 saturated heterocycles. The molecule has 0 N–H and O–H groups in total. The highest BCUT2D eigenvalue weighted by Gasteiger charge is 2.47. The molecule has 0 heterocycles. The van der Waals surface area contributed by atoms with Gasteiger partial charge in [0.05, 0.1) is 21.3 Å². The summed E-state index contributed by atoms with van der Waals surface area (Å²) >= 11 is 0. The second kappa shape index (κ2) is 10.8. The second-order valence-electron chi connectivity index (χ2n) is 8.81. The smallest absolute Gasteiger partial charge is 0.258 e. The molecular formula is C26H38O4Si. The van der Waals surface area contributed by atoms with E-state index in [2.05, 4.69) is 53.7 Å². The maximum absolute atomic E-state index is 6.84. The van der Waals surface area contributed by atoms with Crippen LogP contribution < -0.4 is 18.6 Å². The minimum absolute atomic E-state index is 0.500. The molecule has 2 rings (SSSR count). The highest BCUT2D eigenvalue weighted by atomic mass is 28.4. The van der Waals surface area contributed by atoms with Gasteiger partial charge in [-0.1, -0.05) is 59.8 Å². The third-order valence-corrected chi connectivity index (χ3v) is 12.0. The lowest BCUT2D eigenvalue weighted by Crippen LogP contribution is -2.50. The van der Waals surface area contributed by atoms with Gasteiger partial charge in [-0.2, -0.15) is 0 Å². The van der Waals surface area contributed by atoms with E-state index in [-0.39, 0.29) is 0 Å². The van der Waals surface area contributed by atoms with Crippen molar-refractivity contribution in [1.29, 1.82) is 0 Å². The zero-order valence-electron chi connectivity index (χ0n) is 20.5. The Bertz CT molecular complexity index is 843. The Morgan fingerprint density at radius 1 is 0.613 bits per heavy atom. The molecule has 0 aliphatic rings. The summed E-state index contributed by atoms with van der Waals surface area (Å²) in [5.74, 6) is 3.13. The molecule has 0 spiro atoms. The Morgan fingerprint density at radius 2 is 1.13 bits per heavy atom. The number of rotatable bonds is 10. The van der Waals surface area contributed by atoms with Crippen molar-refractivity contribution in [1.82, 2.24) is 0 Å². The van der Waals surface area contributed by atoms with Crippen molar-refractivity contribution in [2.75, 3.05) is 21.3 Å². The first-order chi connectivity index (χ1) is 14.7. The van der Waals surface area contributed by atoms with Gasteiger partial charge in [0.25, 0.3) is 8.32 Å². The average Bonchev–Trinajstić information content (AvgIpc) is 2.75. The van der Waals surface area contributed by atoms with E-state index in [0.29, 0.717) is 16.6 Å². The van der Waals surface area contributed by atoms with Gasteiger partial charge in [0.1, 0.15) is 17.2 Å². The second-order valence-corrected chi connectivity index (χ2v) is 14.2. The van der Waals surface area contributed by atoms with E-state index >= 15 is 0 Å². The van der Waals surface area contributed by atoms with Crippen molar-refractivity contribution in [2.24, 2.45) is 0 Å². The molecule has 170 valence electrons. The van der Waals surface area contributed by atoms with Crippen LogP contribution in [0.5, 0.6) is 23.0 Å². The quantitative estimate of drug-likeness (QED) is 0.283. The first-order valence-electron chi connectivity index (χ1n) is 11.0. The first-order valence-corrected chi connectivity index (χ1v) is 13.1. The molecular weight excluding hydrogens is 404 g/mol. The minimum atomic E-state index is -2.05. The Kier molecular flexibility index (Phi) is 8.63. The van der Waals surface area contributed by atoms with Crippen molar-refractivity contribution in [2.45, 2.75) is 58.2 Å². The number of hydrogen-bond acceptors (Lipinski definition) is 4. The maximum atomic E-state index is 6.84. The zero-order chi connectivity index (χ0) is 23.2. The van der Waals surface area contributed by atoms with Gasteiger partial charge in [0, 0.05) is 6.07 Å². The molecule has 0 aliphatic carbocycles. The fraction of sp³-hybridized carbons (Fsp3) is 0.462. The molecule has 2 aromatic carbocycles. The number of ether oxygens (including phenoxy) is 3. The van der Waals surface area contributed by atoms with Gasteiger partial charge in [-0.05, 0) is 52.0 Å². The molecule has 2 aromatic rings. The van der Waals surface area contributed by atoms with E-state index < -0.39 is 8.32 Å². The molecule has 0 unspecified atom stereocenters. The van der Waals surface area contributed by atoms with Crippen molar-refractivity contribution in [3.8, 4) is 23.0 Å². The van der Waals surface area contributed by atoms with Crippen LogP contribution in [0.15, 0.2) is 36.4 Å². The zero-order valence-corrected chi connectivity index (χ0v) is 21.5. The first kappa shape index (κ1) is 24.9. The third-order valence-electron chi connectivity index (χ3n) is 6.02. The normalized spacial score (nSPS) is 12.1. The van der Waals surface area contributed by atoms with Crippen LogP contribution in [0.4, 0.5) is 0 Å². The predicted octanol–water partition coefficient (Wildman–Crippen LogP) is 7.44. The van der Waals surface area contributed by atoms with Crippen molar-refractivity contribution < 1.29 is 18.6 Å². The van der Waals surface area contributed by atoms with Crippen LogP contribution in [0, 0.1) is 0 Å². The van der Waals surface area contributed by atoms with Crippen LogP contribution in [-0.4, -0.2) is 29.6 Å². The maximum Gasteiger partial charge on any atom is 0.258 e. The summed E-state index contributed by atoms with van der Waals surface area (Å²) in [6.45, 7) is 13.7. The molecule has 0 radical (unpaired) electrons. The minimum Gasteiger partial charge on any atom is -0.540 e. The van der Waals surface area contributed by atoms with Crippen LogP contribution in [0.1, 0.15) is 52.7 Å². The van der Waals surface area contributed by atoms with Gasteiger partial charge in [0.15, 0.2) is 5.75 Å². The van der Waals surface area contributed by atoms with Crippen LogP contribution in [-0.2, 0) is 0 Å². The molecule has 0 atom stereocenters. The standard InChI is InChI=1S/C26H38O4Si/c1-18(2)31(19(3)4,20(5)6)30-25-13-12-21(16-26(25)29-9)10-11-22-14-23(27-7)17-24(15-22)28-8/h10-20H,1-9H3. The number of methoxy groups -OCH3 is 3. The van der Waals surface area contributed by atoms with E-state index in [4.69, 9.17) is 18.6 Å². The monoisotopic (exact) mass is 442 g/mol. The Morgan fingerprint density at radius 3 is 1.58 bits per heavy atom. The summed E-state index contributed by atoms with van der Waals surface area (Å²) < 4.78 is 23.3. The Balaban J connectivity index is 2.36. The van der Waals surface area contributed by atoms with Crippen LogP contribution in [0.25, 0.3) is 12.2 Å². The fourth-order valence-electron chi connectivity index (χ4n) is 4.53. The molecule has 0 aliphatic heterocycles. The highest BCUT2D eigenvalue weighted by Crippen LogP contribution is 2.44. The molecule has 4 nitrogen and oxygen atoms in total. The summed E-state index contributed by atoms with van der Waals surface area (Å²) in [5.41, 5.74) is 3.54. The van der Waals surface area contributed by atoms with Crippen LogP contribution >= 0.6 is 0 Å². The fourth-order valence-corrected chi connectivity index (χ4v) is 9.79. The number of hydrogen-bond donors (Lipinski definition) is 0. The molecule has 0 saturated carbocycles. The molecule has 0 aromatic heterocycles. The van der Waals surface area contributed by atoms with Crippen molar-refractivity contribution in [3.63, 3.8) is 0 Å². The molecule has 0 fully saturated rings. The summed E-state index contributed by atoms with van der Waals surface area (Å²) in [7, 11) is 2.96. The van der Waals surface area contributed by atoms with E-state index in [1.54, 1.807) is 21.3 Å². The van der Waals surface area contributed by atoms with Crippen molar-refractivity contribution in [3.05, 3.63) is 47.5 Å². The van der Waals surface area contributed by atoms with E-state index in [1.807, 2.05) is 36.4 Å². The van der Waals surface area contributed by atoms with Crippen LogP contribution in [0.3, 0.4) is 0 Å². The van der Waals surface area contributed by atoms with E-state index in [1.165, 1.54) is 0 Å². The average molecular weight is 443 g/mol. The predicted molar refractivity (Wildman–Crippen MR) is 133 cm³/mol. The summed E-state index contributed by atoms with van der Waals surface area (Å²) in [5, 5.41) is 0. The lowest BCUT2D eigenvalue weighted by molar-refractivity contribution is 0.383. The Hall–Kier alpha value is -2.40. The molecule has 0 amide bonds. The lowest BCUT2D eigenvalue weighted by Gasteiger charge is -2.42. The lowest BCUT2D eigenvalue weighted by atomic mass is 10.1. The summed E-state index contributed by atoms with van der Waals surface area (Å²) in [6, 6.07) is 12.0. The van der Waals surface area contributed by atoms with Gasteiger partial charge < -0.3 is 18.6 Å². The highest BCUT2D eigenvalue weighted by molar-refractivity contribution is 6.78. The molecule has 5 heteroatoms. The number of benzene rings is 2. The molecule has 31 heavy (non-hydrogen) atoms. The SMILES string of the molecule is COc1cc(C=Cc2ccc(O[Si](C(C)C)(C(C)C)C(C)C)c(OC)c2)cc(OC)c1. The third kappa shape index (κ3) is 5.64. The van der Waals surface area contributed by atoms with Crippen molar-refractivity contribution >= 4 is 20.5 Å². The topological polar surface area (TPSA) is 36.9 Å². The van der Waals surface area contributed by atoms with Gasteiger partial charge >= 0.3 is 0 Å².